The number of nitrogens with zero attached hydrogens (tertiary/aromatic N) is 3. The number of likely N-dealkylation sites (tertiary alicyclic amines) is 1. The lowest BCUT2D eigenvalue weighted by Crippen LogP contribution is -2.27. The molecule has 1 aromatic carbocycles. The summed E-state index contributed by atoms with van der Waals surface area (Å²) < 4.78 is 1.80. The maximum Gasteiger partial charge on any atom is 0.252 e. The summed E-state index contributed by atoms with van der Waals surface area (Å²) in [6, 6.07) is 6.99. The zero-order valence-electron chi connectivity index (χ0n) is 11.2. The fourth-order valence-electron chi connectivity index (χ4n) is 2.61. The van der Waals surface area contributed by atoms with E-state index < -0.39 is 6.04 Å². The Morgan fingerprint density at radius 1 is 1.35 bits per heavy atom. The van der Waals surface area contributed by atoms with Crippen molar-refractivity contribution >= 4 is 34.4 Å². The molecular formula is C14H14ClN3O2. The Kier molecular flexibility index (Phi) is 3.01. The van der Waals surface area contributed by atoms with Crippen LogP contribution in [0.1, 0.15) is 30.6 Å². The third kappa shape index (κ3) is 1.81. The highest BCUT2D eigenvalue weighted by Crippen LogP contribution is 2.33. The Morgan fingerprint density at radius 3 is 2.65 bits per heavy atom. The minimum absolute atomic E-state index is 0.159. The zero-order chi connectivity index (χ0) is 14.4. The van der Waals surface area contributed by atoms with Gasteiger partial charge in [0.1, 0.15) is 11.9 Å². The number of fused-ring (bicyclic) bond motifs is 1. The van der Waals surface area contributed by atoms with Crippen LogP contribution in [0.2, 0.25) is 0 Å². The molecule has 3 rings (SSSR count). The van der Waals surface area contributed by atoms with E-state index in [-0.39, 0.29) is 23.6 Å². The van der Waals surface area contributed by atoms with Crippen molar-refractivity contribution in [1.29, 1.82) is 0 Å². The largest absolute Gasteiger partial charge is 0.314 e. The number of hydrogen-bond acceptors (Lipinski definition) is 3. The Bertz CT molecular complexity index is 708. The lowest BCUT2D eigenvalue weighted by molar-refractivity contribution is -0.137. The van der Waals surface area contributed by atoms with Crippen molar-refractivity contribution in [2.24, 2.45) is 0 Å². The van der Waals surface area contributed by atoms with Gasteiger partial charge in [-0.1, -0.05) is 12.1 Å². The summed E-state index contributed by atoms with van der Waals surface area (Å²) in [5.74, 6) is 0.233. The molecule has 1 saturated heterocycles. The van der Waals surface area contributed by atoms with Crippen LogP contribution in [0.25, 0.3) is 11.0 Å². The van der Waals surface area contributed by atoms with Crippen LogP contribution in [-0.2, 0) is 9.59 Å². The Balaban J connectivity index is 2.22. The molecule has 104 valence electrons. The van der Waals surface area contributed by atoms with Gasteiger partial charge in [-0.25, -0.2) is 4.98 Å². The molecule has 1 aliphatic rings. The minimum atomic E-state index is -0.545. The zero-order valence-corrected chi connectivity index (χ0v) is 12.0. The Labute approximate surface area is 121 Å². The number of carbonyl (C=O) groups is 2. The summed E-state index contributed by atoms with van der Waals surface area (Å²) in [6.07, 6.45) is 0.159. The normalized spacial score (nSPS) is 20.9. The highest BCUT2D eigenvalue weighted by Gasteiger charge is 2.39. The number of amides is 2. The lowest BCUT2D eigenvalue weighted by atomic mass is 10.2. The number of carbonyl (C=O) groups excluding carboxylic acids is 2. The Hall–Kier alpha value is -1.88. The molecule has 2 atom stereocenters. The van der Waals surface area contributed by atoms with Crippen molar-refractivity contribution in [2.45, 2.75) is 24.8 Å². The van der Waals surface area contributed by atoms with Crippen molar-refractivity contribution in [3.63, 3.8) is 0 Å². The summed E-state index contributed by atoms with van der Waals surface area (Å²) in [5.41, 5.74) is 1.61. The summed E-state index contributed by atoms with van der Waals surface area (Å²) in [7, 11) is 1.51. The van der Waals surface area contributed by atoms with Crippen molar-refractivity contribution in [1.82, 2.24) is 14.5 Å². The van der Waals surface area contributed by atoms with E-state index in [0.29, 0.717) is 5.82 Å². The van der Waals surface area contributed by atoms with E-state index in [2.05, 4.69) is 4.98 Å². The molecule has 5 nitrogen and oxygen atoms in total. The fourth-order valence-corrected chi connectivity index (χ4v) is 2.76. The average molecular weight is 292 g/mol. The van der Waals surface area contributed by atoms with Crippen molar-refractivity contribution in [3.05, 3.63) is 30.1 Å². The molecule has 20 heavy (non-hydrogen) atoms. The van der Waals surface area contributed by atoms with Gasteiger partial charge in [0.05, 0.1) is 22.8 Å². The van der Waals surface area contributed by atoms with Gasteiger partial charge in [0.25, 0.3) is 5.91 Å². The van der Waals surface area contributed by atoms with Crippen molar-refractivity contribution in [3.8, 4) is 0 Å². The van der Waals surface area contributed by atoms with Gasteiger partial charge in [-0.3, -0.25) is 14.5 Å². The first kappa shape index (κ1) is 13.1. The predicted octanol–water partition coefficient (Wildman–Crippen LogP) is 2.27. The highest BCUT2D eigenvalue weighted by atomic mass is 35.5. The summed E-state index contributed by atoms with van der Waals surface area (Å²) in [5, 5.41) is -0.337. The predicted molar refractivity (Wildman–Crippen MR) is 75.4 cm³/mol. The average Bonchev–Trinajstić information content (AvgIpc) is 2.92. The molecule has 0 spiro atoms. The van der Waals surface area contributed by atoms with Gasteiger partial charge in [0, 0.05) is 7.05 Å². The number of aromatic nitrogens is 2. The first-order chi connectivity index (χ1) is 9.50. The number of likely N-dealkylation sites (N-methyl/N-ethyl adjacent to an activating group) is 1. The van der Waals surface area contributed by atoms with E-state index in [1.165, 1.54) is 11.9 Å². The van der Waals surface area contributed by atoms with Gasteiger partial charge in [-0.2, -0.15) is 0 Å². The van der Waals surface area contributed by atoms with Crippen LogP contribution >= 0.6 is 11.6 Å². The van der Waals surface area contributed by atoms with Gasteiger partial charge in [-0.15, -0.1) is 11.6 Å². The molecule has 0 radical (unpaired) electrons. The molecule has 6 heteroatoms. The van der Waals surface area contributed by atoms with Gasteiger partial charge in [0.15, 0.2) is 0 Å². The summed E-state index contributed by atoms with van der Waals surface area (Å²) in [4.78, 5) is 29.7. The van der Waals surface area contributed by atoms with Crippen LogP contribution in [0.5, 0.6) is 0 Å². The molecule has 0 N–H and O–H groups in total. The molecule has 1 fully saturated rings. The van der Waals surface area contributed by atoms with Gasteiger partial charge < -0.3 is 4.57 Å². The van der Waals surface area contributed by atoms with Crippen LogP contribution in [0.4, 0.5) is 0 Å². The first-order valence-corrected chi connectivity index (χ1v) is 6.85. The molecule has 0 aliphatic carbocycles. The van der Waals surface area contributed by atoms with Crippen LogP contribution < -0.4 is 0 Å². The standard InChI is InChI=1S/C14H14ClN3O2/c1-8(15)13-16-9-5-3-4-6-10(9)18(13)11-7-12(19)17(2)14(11)20/h3-6,8,11H,7H2,1-2H3. The smallest absolute Gasteiger partial charge is 0.252 e. The van der Waals surface area contributed by atoms with Crippen LogP contribution in [-0.4, -0.2) is 33.3 Å². The lowest BCUT2D eigenvalue weighted by Gasteiger charge is -2.15. The number of alkyl halides is 1. The van der Waals surface area contributed by atoms with Crippen molar-refractivity contribution < 1.29 is 9.59 Å². The van der Waals surface area contributed by atoms with Crippen LogP contribution in [0.15, 0.2) is 24.3 Å². The second-order valence-corrected chi connectivity index (χ2v) is 5.61. The van der Waals surface area contributed by atoms with E-state index in [1.54, 1.807) is 4.57 Å². The highest BCUT2D eigenvalue weighted by molar-refractivity contribution is 6.20. The molecule has 0 bridgehead atoms. The maximum atomic E-state index is 12.2. The van der Waals surface area contributed by atoms with E-state index >= 15 is 0 Å². The summed E-state index contributed by atoms with van der Waals surface area (Å²) >= 11 is 6.19. The molecule has 2 amide bonds. The quantitative estimate of drug-likeness (QED) is 0.630. The number of rotatable bonds is 2. The molecule has 1 aliphatic heterocycles. The van der Waals surface area contributed by atoms with E-state index in [4.69, 9.17) is 11.6 Å². The van der Waals surface area contributed by atoms with Gasteiger partial charge in [-0.05, 0) is 19.1 Å². The number of halogens is 1. The van der Waals surface area contributed by atoms with Crippen LogP contribution in [0, 0.1) is 0 Å². The third-order valence-electron chi connectivity index (χ3n) is 3.65. The number of imidazole rings is 1. The van der Waals surface area contributed by atoms with Crippen molar-refractivity contribution in [2.75, 3.05) is 7.05 Å². The topological polar surface area (TPSA) is 55.2 Å². The molecule has 0 saturated carbocycles. The Morgan fingerprint density at radius 2 is 2.05 bits per heavy atom. The molecule has 2 aromatic rings. The van der Waals surface area contributed by atoms with E-state index in [1.807, 2.05) is 31.2 Å². The monoisotopic (exact) mass is 291 g/mol. The summed E-state index contributed by atoms with van der Waals surface area (Å²) in [6.45, 7) is 1.81. The van der Waals surface area contributed by atoms with Gasteiger partial charge >= 0.3 is 0 Å². The maximum absolute atomic E-state index is 12.2. The number of hydrogen-bond donors (Lipinski definition) is 0. The molecule has 2 unspecified atom stereocenters. The van der Waals surface area contributed by atoms with Gasteiger partial charge in [0.2, 0.25) is 5.91 Å². The number of benzene rings is 1. The number of imide groups is 1. The SMILES string of the molecule is CC(Cl)c1nc2ccccc2n1C1CC(=O)N(C)C1=O. The minimum Gasteiger partial charge on any atom is -0.314 e. The molecule has 2 heterocycles. The third-order valence-corrected chi connectivity index (χ3v) is 3.84. The molecular weight excluding hydrogens is 278 g/mol. The second kappa shape index (κ2) is 4.59. The van der Waals surface area contributed by atoms with E-state index in [9.17, 15) is 9.59 Å². The fraction of sp³-hybridized carbons (Fsp3) is 0.357. The van der Waals surface area contributed by atoms with Crippen LogP contribution in [0.3, 0.4) is 0 Å². The van der Waals surface area contributed by atoms with E-state index in [0.717, 1.165) is 11.0 Å². The number of para-hydroxylation sites is 2. The second-order valence-electron chi connectivity index (χ2n) is 4.96. The first-order valence-electron chi connectivity index (χ1n) is 6.42. The molecule has 1 aromatic heterocycles.